The van der Waals surface area contributed by atoms with Gasteiger partial charge in [-0.3, -0.25) is 14.5 Å². The van der Waals surface area contributed by atoms with E-state index in [1.54, 1.807) is 0 Å². The molecule has 2 rings (SSSR count). The number of hydrogen-bond acceptors (Lipinski definition) is 5. The Hall–Kier alpha value is -1.10. The van der Waals surface area contributed by atoms with E-state index in [0.717, 1.165) is 25.9 Å². The number of hydrogen-bond donors (Lipinski definition) is 0. The highest BCUT2D eigenvalue weighted by atomic mass is 16.5. The Bertz CT molecular complexity index is 421. The van der Waals surface area contributed by atoms with Gasteiger partial charge in [0, 0.05) is 25.3 Å². The average Bonchev–Trinajstić information content (AvgIpc) is 2.98. The molecule has 23 heavy (non-hydrogen) atoms. The summed E-state index contributed by atoms with van der Waals surface area (Å²) < 4.78 is 11.2. The van der Waals surface area contributed by atoms with Gasteiger partial charge < -0.3 is 9.47 Å². The summed E-state index contributed by atoms with van der Waals surface area (Å²) >= 11 is 0. The smallest absolute Gasteiger partial charge is 0.306 e. The molecule has 0 aromatic heterocycles. The topological polar surface area (TPSA) is 55.8 Å². The Labute approximate surface area is 139 Å². The van der Waals surface area contributed by atoms with Crippen LogP contribution in [-0.2, 0) is 19.1 Å². The molecule has 3 unspecified atom stereocenters. The molecule has 0 bridgehead atoms. The number of carbonyl (C=O) groups is 2. The van der Waals surface area contributed by atoms with Crippen LogP contribution in [0.5, 0.6) is 0 Å². The number of ether oxygens (including phenoxy) is 2. The number of esters is 2. The molecule has 0 aromatic carbocycles. The first-order valence-corrected chi connectivity index (χ1v) is 8.96. The van der Waals surface area contributed by atoms with Gasteiger partial charge >= 0.3 is 11.9 Å². The van der Waals surface area contributed by atoms with E-state index >= 15 is 0 Å². The monoisotopic (exact) mass is 325 g/mol. The molecule has 5 nitrogen and oxygen atoms in total. The zero-order valence-electron chi connectivity index (χ0n) is 14.9. The molecule has 0 amide bonds. The molecule has 2 aliphatic rings. The van der Waals surface area contributed by atoms with E-state index in [9.17, 15) is 9.59 Å². The minimum absolute atomic E-state index is 0.0439. The lowest BCUT2D eigenvalue weighted by molar-refractivity contribution is -0.153. The lowest BCUT2D eigenvalue weighted by Gasteiger charge is -2.26. The minimum Gasteiger partial charge on any atom is -0.465 e. The molecule has 3 atom stereocenters. The number of carbonyl (C=O) groups excluding carboxylic acids is 2. The lowest BCUT2D eigenvalue weighted by atomic mass is 9.97. The van der Waals surface area contributed by atoms with E-state index in [-0.39, 0.29) is 30.0 Å². The fourth-order valence-electron chi connectivity index (χ4n) is 3.67. The van der Waals surface area contributed by atoms with Crippen LogP contribution in [0.15, 0.2) is 0 Å². The van der Waals surface area contributed by atoms with Crippen LogP contribution in [0.1, 0.15) is 53.4 Å². The molecule has 0 spiro atoms. The summed E-state index contributed by atoms with van der Waals surface area (Å²) in [4.78, 5) is 26.1. The first-order chi connectivity index (χ1) is 10.9. The summed E-state index contributed by atoms with van der Waals surface area (Å²) in [5, 5.41) is 0. The lowest BCUT2D eigenvalue weighted by Crippen LogP contribution is -2.38. The zero-order valence-corrected chi connectivity index (χ0v) is 14.9. The molecule has 0 aromatic rings. The van der Waals surface area contributed by atoms with Gasteiger partial charge in [0.1, 0.15) is 6.10 Å². The van der Waals surface area contributed by atoms with E-state index in [4.69, 9.17) is 9.47 Å². The Morgan fingerprint density at radius 2 is 1.61 bits per heavy atom. The highest BCUT2D eigenvalue weighted by Crippen LogP contribution is 2.35. The van der Waals surface area contributed by atoms with Gasteiger partial charge in [0.25, 0.3) is 0 Å². The fourth-order valence-corrected chi connectivity index (χ4v) is 3.67. The SMILES string of the molecule is CC(C)CC(=O)OCC1CCN2CCC(OC(=O)CC(C)C)C12. The molecule has 132 valence electrons. The molecule has 2 saturated heterocycles. The minimum atomic E-state index is -0.121. The predicted octanol–water partition coefficient (Wildman–Crippen LogP) is 2.63. The first kappa shape index (κ1) is 18.2. The van der Waals surface area contributed by atoms with Crippen molar-refractivity contribution in [3.05, 3.63) is 0 Å². The van der Waals surface area contributed by atoms with Gasteiger partial charge in [-0.15, -0.1) is 0 Å². The molecule has 2 fully saturated rings. The van der Waals surface area contributed by atoms with E-state index in [1.165, 1.54) is 0 Å². The van der Waals surface area contributed by atoms with Crippen LogP contribution in [0.2, 0.25) is 0 Å². The summed E-state index contributed by atoms with van der Waals surface area (Å²) in [5.41, 5.74) is 0. The van der Waals surface area contributed by atoms with Crippen LogP contribution >= 0.6 is 0 Å². The molecule has 0 saturated carbocycles. The van der Waals surface area contributed by atoms with E-state index in [0.29, 0.717) is 31.3 Å². The fraction of sp³-hybridized carbons (Fsp3) is 0.889. The average molecular weight is 325 g/mol. The van der Waals surface area contributed by atoms with Gasteiger partial charge in [-0.2, -0.15) is 0 Å². The number of rotatable bonds is 7. The summed E-state index contributed by atoms with van der Waals surface area (Å²) in [6.45, 7) is 10.5. The third-order valence-corrected chi connectivity index (χ3v) is 4.66. The second kappa shape index (κ2) is 8.13. The van der Waals surface area contributed by atoms with Crippen molar-refractivity contribution in [2.45, 2.75) is 65.5 Å². The predicted molar refractivity (Wildman–Crippen MR) is 87.8 cm³/mol. The first-order valence-electron chi connectivity index (χ1n) is 8.96. The van der Waals surface area contributed by atoms with Gasteiger partial charge in [0.05, 0.1) is 12.6 Å². The normalized spacial score (nSPS) is 27.5. The third-order valence-electron chi connectivity index (χ3n) is 4.66. The number of fused-ring (bicyclic) bond motifs is 1. The van der Waals surface area contributed by atoms with Gasteiger partial charge in [-0.1, -0.05) is 27.7 Å². The molecular formula is C18H31NO4. The van der Waals surface area contributed by atoms with Crippen LogP contribution in [-0.4, -0.2) is 48.7 Å². The van der Waals surface area contributed by atoms with Crippen molar-refractivity contribution < 1.29 is 19.1 Å². The molecule has 0 radical (unpaired) electrons. The van der Waals surface area contributed by atoms with E-state index < -0.39 is 0 Å². The maximum atomic E-state index is 12.0. The van der Waals surface area contributed by atoms with Crippen LogP contribution in [0.25, 0.3) is 0 Å². The van der Waals surface area contributed by atoms with Crippen LogP contribution in [0.3, 0.4) is 0 Å². The van der Waals surface area contributed by atoms with Gasteiger partial charge in [0.15, 0.2) is 0 Å². The van der Waals surface area contributed by atoms with Crippen LogP contribution < -0.4 is 0 Å². The molecule has 0 N–H and O–H groups in total. The summed E-state index contributed by atoms with van der Waals surface area (Å²) in [6, 6.07) is 0.220. The quantitative estimate of drug-likeness (QED) is 0.674. The summed E-state index contributed by atoms with van der Waals surface area (Å²) in [5.74, 6) is 0.694. The van der Waals surface area contributed by atoms with Crippen molar-refractivity contribution in [2.75, 3.05) is 19.7 Å². The van der Waals surface area contributed by atoms with Gasteiger partial charge in [-0.05, 0) is 31.2 Å². The summed E-state index contributed by atoms with van der Waals surface area (Å²) in [6.07, 6.45) is 2.80. The van der Waals surface area contributed by atoms with Gasteiger partial charge in [0.2, 0.25) is 0 Å². The molecule has 2 heterocycles. The zero-order chi connectivity index (χ0) is 17.0. The van der Waals surface area contributed by atoms with Crippen molar-refractivity contribution in [3.63, 3.8) is 0 Å². The third kappa shape index (κ3) is 5.20. The maximum absolute atomic E-state index is 12.0. The van der Waals surface area contributed by atoms with Crippen molar-refractivity contribution in [3.8, 4) is 0 Å². The number of nitrogens with zero attached hydrogens (tertiary/aromatic N) is 1. The Morgan fingerprint density at radius 1 is 1.00 bits per heavy atom. The van der Waals surface area contributed by atoms with Crippen LogP contribution in [0.4, 0.5) is 0 Å². The Morgan fingerprint density at radius 3 is 2.26 bits per heavy atom. The highest BCUT2D eigenvalue weighted by Gasteiger charge is 2.46. The van der Waals surface area contributed by atoms with Crippen molar-refractivity contribution in [1.29, 1.82) is 0 Å². The molecular weight excluding hydrogens is 294 g/mol. The second-order valence-corrected chi connectivity index (χ2v) is 7.77. The van der Waals surface area contributed by atoms with Gasteiger partial charge in [-0.25, -0.2) is 0 Å². The van der Waals surface area contributed by atoms with E-state index in [1.807, 2.05) is 27.7 Å². The van der Waals surface area contributed by atoms with Crippen LogP contribution in [0, 0.1) is 17.8 Å². The molecule has 2 aliphatic heterocycles. The standard InChI is InChI=1S/C18H31NO4/c1-12(2)9-16(20)22-11-14-5-7-19-8-6-15(18(14)19)23-17(21)10-13(3)4/h12-15,18H,5-11H2,1-4H3. The summed E-state index contributed by atoms with van der Waals surface area (Å²) in [7, 11) is 0. The Kier molecular flexibility index (Phi) is 6.45. The van der Waals surface area contributed by atoms with Crippen molar-refractivity contribution in [2.24, 2.45) is 17.8 Å². The van der Waals surface area contributed by atoms with Crippen molar-refractivity contribution >= 4 is 11.9 Å². The highest BCUT2D eigenvalue weighted by molar-refractivity contribution is 5.70. The van der Waals surface area contributed by atoms with E-state index in [2.05, 4.69) is 4.90 Å². The van der Waals surface area contributed by atoms with Crippen molar-refractivity contribution in [1.82, 2.24) is 4.90 Å². The largest absolute Gasteiger partial charge is 0.465 e. The maximum Gasteiger partial charge on any atom is 0.306 e. The molecule has 5 heteroatoms. The Balaban J connectivity index is 1.85. The second-order valence-electron chi connectivity index (χ2n) is 7.77. The molecule has 0 aliphatic carbocycles.